The Bertz CT molecular complexity index is 1300. The molecule has 3 amide bonds. The van der Waals surface area contributed by atoms with Crippen LogP contribution in [0.5, 0.6) is 0 Å². The van der Waals surface area contributed by atoms with E-state index in [2.05, 4.69) is 15.7 Å². The van der Waals surface area contributed by atoms with Gasteiger partial charge in [0.2, 0.25) is 11.8 Å². The summed E-state index contributed by atoms with van der Waals surface area (Å²) in [4.78, 5) is 57.7. The average Bonchev–Trinajstić information content (AvgIpc) is 3.41. The van der Waals surface area contributed by atoms with E-state index in [1.165, 1.54) is 22.0 Å². The minimum atomic E-state index is -1.17. The number of nitrogens with one attached hydrogen (secondary N) is 2. The predicted molar refractivity (Wildman–Crippen MR) is 152 cm³/mol. The topological polar surface area (TPSA) is 183 Å². The largest absolute Gasteiger partial charge is 0.481 e. The fourth-order valence-electron chi connectivity index (χ4n) is 5.65. The molecule has 7 N–H and O–H groups in total. The van der Waals surface area contributed by atoms with E-state index in [1.54, 1.807) is 12.1 Å². The number of likely N-dealkylation sites (tertiary alicyclic amines) is 1. The smallest absolute Gasteiger partial charge is 0.305 e. The molecule has 13 heteroatoms. The molecule has 0 saturated carbocycles. The monoisotopic (exact) mass is 581 g/mol. The van der Waals surface area contributed by atoms with E-state index in [9.17, 15) is 28.7 Å². The molecule has 2 saturated heterocycles. The number of carboxylic acid groups (broad SMARTS) is 1. The van der Waals surface area contributed by atoms with E-state index in [1.807, 2.05) is 30.3 Å². The van der Waals surface area contributed by atoms with Crippen LogP contribution in [0.1, 0.15) is 30.4 Å². The lowest BCUT2D eigenvalue weighted by Crippen LogP contribution is -2.51. The Morgan fingerprint density at radius 1 is 1.05 bits per heavy atom. The maximum Gasteiger partial charge on any atom is 0.305 e. The lowest BCUT2D eigenvalue weighted by atomic mass is 9.85. The number of aliphatic imine (C=N–C) groups is 1. The first-order valence-electron chi connectivity index (χ1n) is 13.9. The Balaban J connectivity index is 1.50. The molecule has 0 radical (unpaired) electrons. The number of nitrogens with two attached hydrogens (primary N) is 2. The third-order valence-electron chi connectivity index (χ3n) is 7.64. The SMILES string of the molecule is NC(N)=NCC[C@H]1C(=O)N(CCCc2ccc(F)cc2)[C@H](CC(=O)O)[C@H]1C(=O)NN1CN[C@@H](Cc2ccccc2)C1=O. The van der Waals surface area contributed by atoms with Crippen LogP contribution in [0.15, 0.2) is 59.6 Å². The molecule has 2 fully saturated rings. The molecule has 224 valence electrons. The van der Waals surface area contributed by atoms with Crippen molar-refractivity contribution in [2.75, 3.05) is 19.8 Å². The van der Waals surface area contributed by atoms with E-state index in [0.717, 1.165) is 11.1 Å². The van der Waals surface area contributed by atoms with E-state index >= 15 is 0 Å². The van der Waals surface area contributed by atoms with Gasteiger partial charge < -0.3 is 21.5 Å². The van der Waals surface area contributed by atoms with E-state index in [0.29, 0.717) is 19.3 Å². The van der Waals surface area contributed by atoms with Gasteiger partial charge >= 0.3 is 5.97 Å². The first-order valence-corrected chi connectivity index (χ1v) is 13.9. The molecule has 2 heterocycles. The lowest BCUT2D eigenvalue weighted by Gasteiger charge is -2.28. The maximum absolute atomic E-state index is 13.7. The Hall–Kier alpha value is -4.52. The summed E-state index contributed by atoms with van der Waals surface area (Å²) in [7, 11) is 0. The fraction of sp³-hybridized carbons (Fsp3) is 0.414. The first kappa shape index (κ1) is 30.4. The lowest BCUT2D eigenvalue weighted by molar-refractivity contribution is -0.143. The van der Waals surface area contributed by atoms with Crippen LogP contribution in [0, 0.1) is 17.7 Å². The van der Waals surface area contributed by atoms with Gasteiger partial charge in [-0.2, -0.15) is 0 Å². The molecule has 0 aromatic heterocycles. The van der Waals surface area contributed by atoms with Crippen molar-refractivity contribution in [3.8, 4) is 0 Å². The van der Waals surface area contributed by atoms with Crippen molar-refractivity contribution in [3.63, 3.8) is 0 Å². The summed E-state index contributed by atoms with van der Waals surface area (Å²) in [5, 5.41) is 14.0. The molecule has 4 rings (SSSR count). The summed E-state index contributed by atoms with van der Waals surface area (Å²) in [6.07, 6.45) is 1.08. The van der Waals surface area contributed by atoms with Crippen molar-refractivity contribution >= 4 is 29.7 Å². The summed E-state index contributed by atoms with van der Waals surface area (Å²) < 4.78 is 13.3. The third kappa shape index (κ3) is 7.60. The number of benzene rings is 2. The molecular weight excluding hydrogens is 545 g/mol. The molecule has 42 heavy (non-hydrogen) atoms. The zero-order chi connectivity index (χ0) is 30.2. The minimum absolute atomic E-state index is 0.0619. The number of nitrogens with zero attached hydrogens (tertiary/aromatic N) is 3. The Kier molecular flexibility index (Phi) is 10.1. The van der Waals surface area contributed by atoms with Crippen molar-refractivity contribution in [1.82, 2.24) is 20.7 Å². The Labute approximate surface area is 242 Å². The number of carboxylic acids is 1. The maximum atomic E-state index is 13.7. The molecule has 0 bridgehead atoms. The number of aryl methyl sites for hydroxylation is 1. The third-order valence-corrected chi connectivity index (χ3v) is 7.64. The van der Waals surface area contributed by atoms with Crippen LogP contribution in [0.3, 0.4) is 0 Å². The van der Waals surface area contributed by atoms with Crippen molar-refractivity contribution in [3.05, 3.63) is 71.5 Å². The van der Waals surface area contributed by atoms with Gasteiger partial charge in [0.25, 0.3) is 5.91 Å². The number of hydrogen-bond acceptors (Lipinski definition) is 6. The molecule has 2 aliphatic rings. The Morgan fingerprint density at radius 2 is 1.76 bits per heavy atom. The number of hydrogen-bond donors (Lipinski definition) is 5. The number of rotatable bonds is 13. The summed E-state index contributed by atoms with van der Waals surface area (Å²) in [6, 6.07) is 13.9. The molecule has 12 nitrogen and oxygen atoms in total. The second-order valence-corrected chi connectivity index (χ2v) is 10.5. The predicted octanol–water partition coefficient (Wildman–Crippen LogP) is 0.372. The van der Waals surface area contributed by atoms with Crippen LogP contribution in [0.2, 0.25) is 0 Å². The molecule has 0 unspecified atom stereocenters. The van der Waals surface area contributed by atoms with Crippen LogP contribution in [-0.2, 0) is 32.0 Å². The average molecular weight is 582 g/mol. The van der Waals surface area contributed by atoms with Gasteiger partial charge in [0.15, 0.2) is 5.96 Å². The highest BCUT2D eigenvalue weighted by atomic mass is 19.1. The van der Waals surface area contributed by atoms with Crippen molar-refractivity contribution < 1.29 is 28.7 Å². The molecule has 2 aromatic carbocycles. The van der Waals surface area contributed by atoms with Crippen LogP contribution in [0.4, 0.5) is 4.39 Å². The van der Waals surface area contributed by atoms with Gasteiger partial charge in [0.05, 0.1) is 37.0 Å². The van der Waals surface area contributed by atoms with Crippen molar-refractivity contribution in [1.29, 1.82) is 0 Å². The molecule has 2 aromatic rings. The number of carbonyl (C=O) groups excluding carboxylic acids is 3. The zero-order valence-corrected chi connectivity index (χ0v) is 23.1. The number of carbonyl (C=O) groups is 4. The molecule has 4 atom stereocenters. The highest BCUT2D eigenvalue weighted by Crippen LogP contribution is 2.36. The molecule has 2 aliphatic heterocycles. The summed E-state index contributed by atoms with van der Waals surface area (Å²) in [5.41, 5.74) is 15.4. The molecule has 0 spiro atoms. The van der Waals surface area contributed by atoms with E-state index in [4.69, 9.17) is 11.5 Å². The number of aliphatic carboxylic acids is 1. The standard InChI is InChI=1S/C29H36FN7O5/c30-20-10-8-18(9-11-20)7-4-14-36-23(16-24(38)39)25(21(27(36)41)12-13-33-29(31)32)26(40)35-37-17-34-22(28(37)42)15-19-5-2-1-3-6-19/h1-3,5-6,8-11,21-23,25,34H,4,7,12-17H2,(H,35,40)(H,38,39)(H4,31,32,33)/t21-,22+,23-,25+/m1/s1. The normalized spacial score (nSPS) is 21.9. The van der Waals surface area contributed by atoms with E-state index in [-0.39, 0.29) is 49.8 Å². The van der Waals surface area contributed by atoms with Gasteiger partial charge in [-0.1, -0.05) is 42.5 Å². The van der Waals surface area contributed by atoms with Gasteiger partial charge in [-0.15, -0.1) is 0 Å². The second-order valence-electron chi connectivity index (χ2n) is 10.5. The minimum Gasteiger partial charge on any atom is -0.481 e. The van der Waals surface area contributed by atoms with Crippen LogP contribution in [-0.4, -0.2) is 76.5 Å². The van der Waals surface area contributed by atoms with Crippen molar-refractivity contribution in [2.45, 2.75) is 44.2 Å². The number of halogens is 1. The fourth-order valence-corrected chi connectivity index (χ4v) is 5.65. The first-order chi connectivity index (χ1) is 20.1. The summed E-state index contributed by atoms with van der Waals surface area (Å²) in [5.74, 6) is -4.98. The van der Waals surface area contributed by atoms with Gasteiger partial charge in [0, 0.05) is 13.1 Å². The Morgan fingerprint density at radius 3 is 2.43 bits per heavy atom. The number of amides is 3. The van der Waals surface area contributed by atoms with Crippen LogP contribution in [0.25, 0.3) is 0 Å². The highest BCUT2D eigenvalue weighted by Gasteiger charge is 2.52. The zero-order valence-electron chi connectivity index (χ0n) is 23.1. The highest BCUT2D eigenvalue weighted by molar-refractivity contribution is 5.94. The number of hydrazine groups is 1. The summed E-state index contributed by atoms with van der Waals surface area (Å²) >= 11 is 0. The van der Waals surface area contributed by atoms with Gasteiger partial charge in [-0.3, -0.25) is 34.9 Å². The van der Waals surface area contributed by atoms with E-state index < -0.39 is 42.2 Å². The quantitative estimate of drug-likeness (QED) is 0.166. The van der Waals surface area contributed by atoms with Crippen molar-refractivity contribution in [2.24, 2.45) is 28.3 Å². The van der Waals surface area contributed by atoms with Gasteiger partial charge in [0.1, 0.15) is 5.82 Å². The van der Waals surface area contributed by atoms with Gasteiger partial charge in [-0.05, 0) is 48.9 Å². The van der Waals surface area contributed by atoms with Gasteiger partial charge in [-0.25, -0.2) is 9.40 Å². The molecule has 0 aliphatic carbocycles. The summed E-state index contributed by atoms with van der Waals surface area (Å²) in [6.45, 7) is 0.321. The molecular formula is C29H36FN7O5. The number of guanidine groups is 1. The second kappa shape index (κ2) is 13.9. The van der Waals surface area contributed by atoms with Crippen LogP contribution >= 0.6 is 0 Å². The van der Waals surface area contributed by atoms with Crippen LogP contribution < -0.4 is 22.2 Å².